The molecule has 0 aromatic heterocycles. The molecular weight excluding hydrogens is 424 g/mol. The first-order valence-corrected chi connectivity index (χ1v) is 12.1. The molecule has 0 aromatic carbocycles. The molecule has 0 fully saturated rings. The first-order chi connectivity index (χ1) is 15.4. The van der Waals surface area contributed by atoms with Crippen LogP contribution in [0.15, 0.2) is 0 Å². The SMILES string of the molecule is CCC(=O)CCC(NC(=O)CCC(CC)C(C)=O)C(=O)CC.CCC(CCC(N)=O)C(C)=O. The summed E-state index contributed by atoms with van der Waals surface area (Å²) < 4.78 is 0. The van der Waals surface area contributed by atoms with E-state index in [0.717, 1.165) is 6.42 Å². The third-order valence-electron chi connectivity index (χ3n) is 5.77. The van der Waals surface area contributed by atoms with Gasteiger partial charge in [-0.2, -0.15) is 0 Å². The summed E-state index contributed by atoms with van der Waals surface area (Å²) in [4.78, 5) is 67.8. The molecule has 0 bridgehead atoms. The minimum absolute atomic E-state index is 0.0162. The van der Waals surface area contributed by atoms with Crippen LogP contribution in [0.2, 0.25) is 0 Å². The highest BCUT2D eigenvalue weighted by molar-refractivity contribution is 5.89. The van der Waals surface area contributed by atoms with Crippen LogP contribution in [0.25, 0.3) is 0 Å². The zero-order chi connectivity index (χ0) is 26.0. The Morgan fingerprint density at radius 1 is 0.697 bits per heavy atom. The zero-order valence-electron chi connectivity index (χ0n) is 21.3. The molecule has 8 heteroatoms. The van der Waals surface area contributed by atoms with Gasteiger partial charge in [-0.15, -0.1) is 0 Å². The number of carbonyl (C=O) groups excluding carboxylic acids is 6. The summed E-state index contributed by atoms with van der Waals surface area (Å²) in [5, 5.41) is 2.71. The lowest BCUT2D eigenvalue weighted by atomic mass is 9.96. The maximum absolute atomic E-state index is 12.0. The van der Waals surface area contributed by atoms with Gasteiger partial charge in [-0.25, -0.2) is 0 Å². The highest BCUT2D eigenvalue weighted by Gasteiger charge is 2.21. The molecule has 0 aromatic rings. The van der Waals surface area contributed by atoms with Gasteiger partial charge in [0, 0.05) is 43.9 Å². The second-order valence-corrected chi connectivity index (χ2v) is 8.35. The fourth-order valence-corrected chi connectivity index (χ4v) is 3.32. The van der Waals surface area contributed by atoms with Gasteiger partial charge < -0.3 is 11.1 Å². The van der Waals surface area contributed by atoms with Crippen LogP contribution < -0.4 is 11.1 Å². The number of nitrogens with one attached hydrogen (secondary N) is 1. The molecular formula is C25H44N2O6. The fraction of sp³-hybridized carbons (Fsp3) is 0.760. The zero-order valence-corrected chi connectivity index (χ0v) is 21.3. The molecule has 0 radical (unpaired) electrons. The Morgan fingerprint density at radius 3 is 1.55 bits per heavy atom. The fourth-order valence-electron chi connectivity index (χ4n) is 3.32. The van der Waals surface area contributed by atoms with Crippen LogP contribution >= 0.6 is 0 Å². The van der Waals surface area contributed by atoms with E-state index in [1.807, 2.05) is 13.8 Å². The van der Waals surface area contributed by atoms with Crippen molar-refractivity contribution >= 4 is 34.9 Å². The number of rotatable bonds is 17. The smallest absolute Gasteiger partial charge is 0.220 e. The van der Waals surface area contributed by atoms with E-state index < -0.39 is 6.04 Å². The van der Waals surface area contributed by atoms with Crippen LogP contribution in [0.4, 0.5) is 0 Å². The second kappa shape index (κ2) is 19.1. The van der Waals surface area contributed by atoms with Crippen LogP contribution in [-0.2, 0) is 28.8 Å². The Kier molecular flexibility index (Phi) is 19.0. The highest BCUT2D eigenvalue weighted by atomic mass is 16.2. The lowest BCUT2D eigenvalue weighted by molar-refractivity contribution is -0.129. The predicted molar refractivity (Wildman–Crippen MR) is 128 cm³/mol. The monoisotopic (exact) mass is 468 g/mol. The lowest BCUT2D eigenvalue weighted by Crippen LogP contribution is -2.41. The molecule has 0 spiro atoms. The summed E-state index contributed by atoms with van der Waals surface area (Å²) in [6.45, 7) is 10.5. The Hall–Kier alpha value is -2.38. The maximum Gasteiger partial charge on any atom is 0.220 e. The van der Waals surface area contributed by atoms with E-state index in [2.05, 4.69) is 5.32 Å². The summed E-state index contributed by atoms with van der Waals surface area (Å²) in [5.41, 5.74) is 4.95. The van der Waals surface area contributed by atoms with Crippen molar-refractivity contribution in [3.8, 4) is 0 Å². The molecule has 2 amide bonds. The van der Waals surface area contributed by atoms with Crippen molar-refractivity contribution < 1.29 is 28.8 Å². The number of nitrogens with two attached hydrogens (primary N) is 1. The van der Waals surface area contributed by atoms with Gasteiger partial charge in [-0.05, 0) is 46.0 Å². The summed E-state index contributed by atoms with van der Waals surface area (Å²) in [6.07, 6.45) is 4.58. The van der Waals surface area contributed by atoms with Gasteiger partial charge in [0.15, 0.2) is 5.78 Å². The molecule has 0 saturated carbocycles. The average Bonchev–Trinajstić information content (AvgIpc) is 2.76. The van der Waals surface area contributed by atoms with Gasteiger partial charge in [0.1, 0.15) is 17.3 Å². The van der Waals surface area contributed by atoms with Crippen molar-refractivity contribution in [2.45, 2.75) is 112 Å². The molecule has 190 valence electrons. The Labute approximate surface area is 198 Å². The molecule has 8 nitrogen and oxygen atoms in total. The number of Topliss-reactive ketones (excluding diaryl/α,β-unsaturated/α-hetero) is 4. The quantitative estimate of drug-likeness (QED) is 0.335. The van der Waals surface area contributed by atoms with Gasteiger partial charge in [0.2, 0.25) is 11.8 Å². The van der Waals surface area contributed by atoms with Crippen molar-refractivity contribution in [1.82, 2.24) is 5.32 Å². The molecule has 3 N–H and O–H groups in total. The van der Waals surface area contributed by atoms with E-state index in [9.17, 15) is 28.8 Å². The Bertz CT molecular complexity index is 659. The Balaban J connectivity index is 0. The summed E-state index contributed by atoms with van der Waals surface area (Å²) in [6, 6.07) is -0.592. The highest BCUT2D eigenvalue weighted by Crippen LogP contribution is 2.13. The molecule has 0 aliphatic rings. The Morgan fingerprint density at radius 2 is 1.18 bits per heavy atom. The van der Waals surface area contributed by atoms with E-state index >= 15 is 0 Å². The molecule has 3 unspecified atom stereocenters. The number of ketones is 4. The second-order valence-electron chi connectivity index (χ2n) is 8.35. The summed E-state index contributed by atoms with van der Waals surface area (Å²) >= 11 is 0. The van der Waals surface area contributed by atoms with Crippen LogP contribution in [0.3, 0.4) is 0 Å². The first-order valence-electron chi connectivity index (χ1n) is 12.1. The number of primary amides is 1. The van der Waals surface area contributed by atoms with Gasteiger partial charge in [-0.1, -0.05) is 27.7 Å². The van der Waals surface area contributed by atoms with Crippen molar-refractivity contribution in [1.29, 1.82) is 0 Å². The van der Waals surface area contributed by atoms with Gasteiger partial charge >= 0.3 is 0 Å². The summed E-state index contributed by atoms with van der Waals surface area (Å²) in [5.74, 6) is -0.379. The molecule has 0 saturated heterocycles. The molecule has 0 aliphatic heterocycles. The van der Waals surface area contributed by atoms with E-state index in [4.69, 9.17) is 5.73 Å². The third-order valence-corrected chi connectivity index (χ3v) is 5.77. The van der Waals surface area contributed by atoms with Crippen molar-refractivity contribution in [2.24, 2.45) is 17.6 Å². The van der Waals surface area contributed by atoms with Gasteiger partial charge in [0.05, 0.1) is 6.04 Å². The average molecular weight is 469 g/mol. The minimum atomic E-state index is -0.592. The number of hydrogen-bond donors (Lipinski definition) is 2. The molecule has 3 atom stereocenters. The molecule has 0 aliphatic carbocycles. The lowest BCUT2D eigenvalue weighted by Gasteiger charge is -2.17. The van der Waals surface area contributed by atoms with E-state index in [1.54, 1.807) is 20.8 Å². The molecule has 0 heterocycles. The standard InChI is InChI=1S/C17H29NO4.C8H15NO2/c1-5-13(12(4)19)8-11-17(22)18-15(16(21)7-3)10-9-14(20)6-2;1-3-7(6(2)10)4-5-8(9)11/h13,15H,5-11H2,1-4H3,(H,18,22);7H,3-5H2,1-2H3,(H2,9,11). The maximum atomic E-state index is 12.0. The van der Waals surface area contributed by atoms with E-state index in [1.165, 1.54) is 6.92 Å². The number of carbonyl (C=O) groups is 6. The largest absolute Gasteiger partial charge is 0.370 e. The van der Waals surface area contributed by atoms with Crippen molar-refractivity contribution in [3.63, 3.8) is 0 Å². The van der Waals surface area contributed by atoms with E-state index in [-0.39, 0.29) is 53.2 Å². The van der Waals surface area contributed by atoms with Crippen LogP contribution in [0.5, 0.6) is 0 Å². The van der Waals surface area contributed by atoms with Crippen LogP contribution in [-0.4, -0.2) is 41.0 Å². The van der Waals surface area contributed by atoms with Crippen molar-refractivity contribution in [3.05, 3.63) is 0 Å². The minimum Gasteiger partial charge on any atom is -0.370 e. The normalized spacial score (nSPS) is 13.0. The predicted octanol–water partition coefficient (Wildman–Crippen LogP) is 3.47. The van der Waals surface area contributed by atoms with Crippen molar-refractivity contribution in [2.75, 3.05) is 0 Å². The number of amides is 2. The van der Waals surface area contributed by atoms with Gasteiger partial charge in [-0.3, -0.25) is 28.8 Å². The molecule has 0 rings (SSSR count). The topological polar surface area (TPSA) is 140 Å². The summed E-state index contributed by atoms with van der Waals surface area (Å²) in [7, 11) is 0. The van der Waals surface area contributed by atoms with Gasteiger partial charge in [0.25, 0.3) is 0 Å². The molecule has 33 heavy (non-hydrogen) atoms. The first kappa shape index (κ1) is 32.8. The van der Waals surface area contributed by atoms with Crippen LogP contribution in [0, 0.1) is 11.8 Å². The number of hydrogen-bond acceptors (Lipinski definition) is 6. The van der Waals surface area contributed by atoms with E-state index in [0.29, 0.717) is 51.4 Å². The third kappa shape index (κ3) is 16.8. The van der Waals surface area contributed by atoms with Crippen LogP contribution in [0.1, 0.15) is 106 Å².